The lowest BCUT2D eigenvalue weighted by Gasteiger charge is -2.42. The summed E-state index contributed by atoms with van der Waals surface area (Å²) in [6.45, 7) is 6.06. The van der Waals surface area contributed by atoms with Crippen LogP contribution in [0.3, 0.4) is 0 Å². The summed E-state index contributed by atoms with van der Waals surface area (Å²) in [5.41, 5.74) is 1.84. The summed E-state index contributed by atoms with van der Waals surface area (Å²) < 4.78 is 8.08. The zero-order valence-electron chi connectivity index (χ0n) is 15.2. The van der Waals surface area contributed by atoms with Crippen molar-refractivity contribution < 1.29 is 4.84 Å². The quantitative estimate of drug-likeness (QED) is 0.750. The van der Waals surface area contributed by atoms with Crippen LogP contribution >= 0.6 is 8.37 Å². The van der Waals surface area contributed by atoms with E-state index in [2.05, 4.69) is 24.3 Å². The van der Waals surface area contributed by atoms with Crippen LogP contribution in [-0.4, -0.2) is 68.1 Å². The summed E-state index contributed by atoms with van der Waals surface area (Å²) in [5, 5.41) is 8.48. The molecule has 0 saturated carbocycles. The number of fused-ring (bicyclic) bond motifs is 1. The lowest BCUT2D eigenvalue weighted by molar-refractivity contribution is -0.0261. The zero-order valence-corrected chi connectivity index (χ0v) is 16.1. The number of benzene rings is 1. The van der Waals surface area contributed by atoms with Gasteiger partial charge in [0.15, 0.2) is 6.23 Å². The molecule has 0 amide bonds. The average molecular weight is 374 g/mol. The Morgan fingerprint density at radius 3 is 2.31 bits per heavy atom. The third kappa shape index (κ3) is 3.11. The van der Waals surface area contributed by atoms with Gasteiger partial charge in [-0.2, -0.15) is 0 Å². The molecule has 1 unspecified atom stereocenters. The number of hydrogen-bond donors (Lipinski definition) is 0. The first-order valence-corrected chi connectivity index (χ1v) is 11.1. The molecule has 4 heterocycles. The van der Waals surface area contributed by atoms with Crippen LogP contribution < -0.4 is 4.84 Å². The van der Waals surface area contributed by atoms with Crippen LogP contribution in [0.25, 0.3) is 11.0 Å². The maximum absolute atomic E-state index is 6.37. The SMILES string of the molecule is c1ccc2c(c1)nnn2OC1CCCN1P(N1CCCC1)N1CCCC1. The predicted octanol–water partition coefficient (Wildman–Crippen LogP) is 2.70. The van der Waals surface area contributed by atoms with Gasteiger partial charge >= 0.3 is 0 Å². The van der Waals surface area contributed by atoms with Crippen molar-refractivity contribution in [3.63, 3.8) is 0 Å². The molecule has 140 valence electrons. The third-order valence-corrected chi connectivity index (χ3v) is 8.34. The molecule has 1 atom stereocenters. The number of rotatable bonds is 5. The molecule has 1 aromatic carbocycles. The van der Waals surface area contributed by atoms with Gasteiger partial charge in [0.25, 0.3) is 0 Å². The van der Waals surface area contributed by atoms with Crippen LogP contribution in [0.1, 0.15) is 38.5 Å². The van der Waals surface area contributed by atoms with Crippen LogP contribution in [-0.2, 0) is 0 Å². The molecule has 0 spiro atoms. The van der Waals surface area contributed by atoms with E-state index in [4.69, 9.17) is 4.84 Å². The zero-order chi connectivity index (χ0) is 17.3. The minimum Gasteiger partial charge on any atom is -0.375 e. The lowest BCUT2D eigenvalue weighted by atomic mass is 10.3. The number of hydrogen-bond acceptors (Lipinski definition) is 6. The van der Waals surface area contributed by atoms with Gasteiger partial charge in [-0.15, -0.1) is 5.10 Å². The minimum absolute atomic E-state index is 0.0902. The van der Waals surface area contributed by atoms with Gasteiger partial charge in [0.2, 0.25) is 0 Å². The molecule has 1 aromatic heterocycles. The molecule has 26 heavy (non-hydrogen) atoms. The Morgan fingerprint density at radius 1 is 0.885 bits per heavy atom. The van der Waals surface area contributed by atoms with E-state index in [1.54, 1.807) is 4.85 Å². The van der Waals surface area contributed by atoms with Gasteiger partial charge in [-0.05, 0) is 49.5 Å². The Labute approximate surface area is 155 Å². The molecular formula is C18H27N6OP. The maximum Gasteiger partial charge on any atom is 0.186 e. The van der Waals surface area contributed by atoms with Crippen LogP contribution in [0.15, 0.2) is 24.3 Å². The number of para-hydroxylation sites is 1. The van der Waals surface area contributed by atoms with E-state index >= 15 is 0 Å². The van der Waals surface area contributed by atoms with Crippen LogP contribution in [0.5, 0.6) is 0 Å². The fraction of sp³-hybridized carbons (Fsp3) is 0.667. The van der Waals surface area contributed by atoms with Gasteiger partial charge in [-0.3, -0.25) is 9.34 Å². The highest BCUT2D eigenvalue weighted by atomic mass is 31.2. The predicted molar refractivity (Wildman–Crippen MR) is 102 cm³/mol. The summed E-state index contributed by atoms with van der Waals surface area (Å²) in [6, 6.07) is 8.01. The van der Waals surface area contributed by atoms with Crippen LogP contribution in [0.4, 0.5) is 0 Å². The first-order chi connectivity index (χ1) is 12.9. The molecule has 8 heteroatoms. The van der Waals surface area contributed by atoms with Crippen molar-refractivity contribution in [2.45, 2.75) is 44.8 Å². The van der Waals surface area contributed by atoms with Crippen molar-refractivity contribution in [3.8, 4) is 0 Å². The molecule has 3 fully saturated rings. The molecule has 0 N–H and O–H groups in total. The second-order valence-electron chi connectivity index (χ2n) is 7.41. The van der Waals surface area contributed by atoms with E-state index in [9.17, 15) is 0 Å². The summed E-state index contributed by atoms with van der Waals surface area (Å²) in [7, 11) is -0.415. The highest BCUT2D eigenvalue weighted by Gasteiger charge is 2.41. The molecule has 3 saturated heterocycles. The number of nitrogens with zero attached hydrogens (tertiary/aromatic N) is 6. The van der Waals surface area contributed by atoms with Gasteiger partial charge in [-0.1, -0.05) is 17.0 Å². The van der Waals surface area contributed by atoms with Crippen molar-refractivity contribution in [1.29, 1.82) is 0 Å². The lowest BCUT2D eigenvalue weighted by Crippen LogP contribution is -2.42. The van der Waals surface area contributed by atoms with Gasteiger partial charge in [-0.25, -0.2) is 4.67 Å². The molecule has 0 bridgehead atoms. The van der Waals surface area contributed by atoms with Crippen molar-refractivity contribution >= 4 is 19.4 Å². The fourth-order valence-corrected chi connectivity index (χ4v) is 7.33. The maximum atomic E-state index is 6.37. The van der Waals surface area contributed by atoms with Gasteiger partial charge < -0.3 is 4.84 Å². The van der Waals surface area contributed by atoms with Crippen molar-refractivity contribution in [2.75, 3.05) is 32.7 Å². The summed E-state index contributed by atoms with van der Waals surface area (Å²) >= 11 is 0. The van der Waals surface area contributed by atoms with Crippen molar-refractivity contribution in [2.24, 2.45) is 0 Å². The topological polar surface area (TPSA) is 49.7 Å². The van der Waals surface area contributed by atoms with E-state index in [0.29, 0.717) is 0 Å². The van der Waals surface area contributed by atoms with E-state index < -0.39 is 8.37 Å². The molecule has 3 aliphatic heterocycles. The standard InChI is InChI=1S/C18H27N6OP/c1-2-9-17-16(8-1)19-20-24(17)25-18-10-7-15-23(18)26(21-11-3-4-12-21)22-13-5-6-14-22/h1-2,8-9,18H,3-7,10-15H2. The summed E-state index contributed by atoms with van der Waals surface area (Å²) in [6.07, 6.45) is 7.68. The van der Waals surface area contributed by atoms with Gasteiger partial charge in [0, 0.05) is 39.1 Å². The van der Waals surface area contributed by atoms with E-state index in [1.165, 1.54) is 58.3 Å². The highest BCUT2D eigenvalue weighted by Crippen LogP contribution is 2.54. The third-order valence-electron chi connectivity index (χ3n) is 5.61. The second kappa shape index (κ2) is 7.39. The average Bonchev–Trinajstić information content (AvgIpc) is 3.46. The van der Waals surface area contributed by atoms with E-state index in [-0.39, 0.29) is 6.23 Å². The molecule has 3 aliphatic rings. The Balaban J connectivity index is 1.39. The minimum atomic E-state index is -0.415. The molecule has 2 aromatic rings. The summed E-state index contributed by atoms with van der Waals surface area (Å²) in [5.74, 6) is 0. The van der Waals surface area contributed by atoms with Gasteiger partial charge in [0.1, 0.15) is 19.4 Å². The smallest absolute Gasteiger partial charge is 0.186 e. The second-order valence-corrected chi connectivity index (χ2v) is 9.59. The normalized spacial score (nSPS) is 25.8. The van der Waals surface area contributed by atoms with E-state index in [1.807, 2.05) is 24.3 Å². The van der Waals surface area contributed by atoms with Crippen LogP contribution in [0, 0.1) is 0 Å². The molecular weight excluding hydrogens is 347 g/mol. The fourth-order valence-electron chi connectivity index (χ4n) is 4.34. The van der Waals surface area contributed by atoms with Crippen LogP contribution in [0.2, 0.25) is 0 Å². The highest BCUT2D eigenvalue weighted by molar-refractivity contribution is 7.50. The van der Waals surface area contributed by atoms with Crippen molar-refractivity contribution in [3.05, 3.63) is 24.3 Å². The molecule has 7 nitrogen and oxygen atoms in total. The molecule has 0 radical (unpaired) electrons. The number of aromatic nitrogens is 3. The molecule has 0 aliphatic carbocycles. The van der Waals surface area contributed by atoms with Gasteiger partial charge in [0.05, 0.1) is 0 Å². The monoisotopic (exact) mass is 374 g/mol. The Kier molecular flexibility index (Phi) is 4.80. The Morgan fingerprint density at radius 2 is 1.58 bits per heavy atom. The van der Waals surface area contributed by atoms with Crippen molar-refractivity contribution in [1.82, 2.24) is 29.2 Å². The Bertz CT molecular complexity index is 726. The van der Waals surface area contributed by atoms with E-state index in [0.717, 1.165) is 24.0 Å². The Hall–Kier alpha value is -1.27. The summed E-state index contributed by atoms with van der Waals surface area (Å²) in [4.78, 5) is 8.01. The first-order valence-electron chi connectivity index (χ1n) is 9.94. The first kappa shape index (κ1) is 16.9. The largest absolute Gasteiger partial charge is 0.375 e. The molecule has 5 rings (SSSR count).